The molecule has 2 N–H and O–H groups in total. The van der Waals surface area contributed by atoms with E-state index in [0.717, 1.165) is 34.6 Å². The summed E-state index contributed by atoms with van der Waals surface area (Å²) < 4.78 is 77.7. The lowest BCUT2D eigenvalue weighted by molar-refractivity contribution is -0.137. The fourth-order valence-electron chi connectivity index (χ4n) is 2.82. The van der Waals surface area contributed by atoms with E-state index in [1.807, 2.05) is 0 Å². The first-order valence-corrected chi connectivity index (χ1v) is 10.2. The Kier molecular flexibility index (Phi) is 6.29. The highest BCUT2D eigenvalue weighted by Crippen LogP contribution is 2.31. The van der Waals surface area contributed by atoms with Crippen molar-refractivity contribution in [3.05, 3.63) is 59.9 Å². The van der Waals surface area contributed by atoms with Gasteiger partial charge in [0.05, 0.1) is 10.5 Å². The van der Waals surface area contributed by atoms with E-state index < -0.39 is 44.6 Å². The molecule has 1 atom stereocenters. The fourth-order valence-corrected chi connectivity index (χ4v) is 4.35. The lowest BCUT2D eigenvalue weighted by atomic mass is 10.2. The van der Waals surface area contributed by atoms with Crippen molar-refractivity contribution < 1.29 is 35.6 Å². The topological polar surface area (TPSA) is 87.7 Å². The minimum Gasteiger partial charge on any atom is -0.306 e. The maximum atomic E-state index is 12.9. The first kappa shape index (κ1) is 22.0. The summed E-state index contributed by atoms with van der Waals surface area (Å²) in [5.41, 5.74) is 1.37. The molecule has 1 aliphatic rings. The van der Waals surface area contributed by atoms with E-state index in [0.29, 0.717) is 11.8 Å². The van der Waals surface area contributed by atoms with Gasteiger partial charge in [-0.1, -0.05) is 6.07 Å². The monoisotopic (exact) mass is 447 g/mol. The molecule has 1 saturated heterocycles. The van der Waals surface area contributed by atoms with Crippen LogP contribution in [0, 0.1) is 5.82 Å². The number of halogens is 4. The maximum Gasteiger partial charge on any atom is 0.416 e. The molecule has 0 aliphatic carbocycles. The summed E-state index contributed by atoms with van der Waals surface area (Å²) in [5, 5.41) is 2.40. The number of carbonyl (C=O) groups excluding carboxylic acids is 1. The first-order chi connectivity index (χ1) is 14.1. The van der Waals surface area contributed by atoms with Crippen LogP contribution in [0.2, 0.25) is 0 Å². The predicted octanol–water partition coefficient (Wildman–Crippen LogP) is 3.36. The molecule has 3 rings (SSSR count). The number of hydrogen-bond donors (Lipinski definition) is 2. The Balaban J connectivity index is 1.57. The van der Waals surface area contributed by atoms with Crippen LogP contribution in [0.5, 0.6) is 0 Å². The molecular weight excluding hydrogens is 430 g/mol. The number of hydrogen-bond acceptors (Lipinski definition) is 4. The fraction of sp³-hybridized carbons (Fsp3) is 0.278. The van der Waals surface area contributed by atoms with Crippen LogP contribution in [-0.2, 0) is 21.0 Å². The second kappa shape index (κ2) is 8.58. The lowest BCUT2D eigenvalue weighted by Crippen LogP contribution is -2.35. The molecule has 12 heteroatoms. The number of hydroxylamine groups is 1. The highest BCUT2D eigenvalue weighted by Gasteiger charge is 2.36. The minimum absolute atomic E-state index is 0.0184. The zero-order valence-corrected chi connectivity index (χ0v) is 16.1. The second-order valence-electron chi connectivity index (χ2n) is 6.48. The summed E-state index contributed by atoms with van der Waals surface area (Å²) in [7, 11) is -4.16. The standard InChI is InChI=1S/C18H17F4N3O4S/c19-13-4-6-14(7-5-13)23-17(26)24-29-15-8-9-25(11-15)30(27,28)16-3-1-2-12(10-16)18(20,21)22/h1-7,10,15H,8-9,11H2,(H2,23,24,26). The second-order valence-corrected chi connectivity index (χ2v) is 8.42. The zero-order chi connectivity index (χ0) is 21.9. The molecule has 1 heterocycles. The van der Waals surface area contributed by atoms with Crippen molar-refractivity contribution >= 4 is 21.7 Å². The predicted molar refractivity (Wildman–Crippen MR) is 98.2 cm³/mol. The van der Waals surface area contributed by atoms with Crippen LogP contribution in [0.25, 0.3) is 0 Å². The third kappa shape index (κ3) is 5.26. The van der Waals surface area contributed by atoms with Crippen molar-refractivity contribution in [1.29, 1.82) is 0 Å². The van der Waals surface area contributed by atoms with E-state index in [2.05, 4.69) is 10.8 Å². The van der Waals surface area contributed by atoms with Gasteiger partial charge in [0.25, 0.3) is 0 Å². The van der Waals surface area contributed by atoms with Gasteiger partial charge in [0.1, 0.15) is 11.9 Å². The summed E-state index contributed by atoms with van der Waals surface area (Å²) in [6.07, 6.45) is -5.12. The molecular formula is C18H17F4N3O4S. The Morgan fingerprint density at radius 2 is 1.83 bits per heavy atom. The van der Waals surface area contributed by atoms with Gasteiger partial charge < -0.3 is 5.32 Å². The van der Waals surface area contributed by atoms with Gasteiger partial charge in [-0.15, -0.1) is 0 Å². The largest absolute Gasteiger partial charge is 0.416 e. The van der Waals surface area contributed by atoms with Crippen LogP contribution in [0.3, 0.4) is 0 Å². The molecule has 162 valence electrons. The average Bonchev–Trinajstić information content (AvgIpc) is 3.18. The van der Waals surface area contributed by atoms with Gasteiger partial charge in [-0.05, 0) is 48.9 Å². The number of nitrogens with zero attached hydrogens (tertiary/aromatic N) is 1. The van der Waals surface area contributed by atoms with E-state index in [4.69, 9.17) is 4.84 Å². The Hall–Kier alpha value is -2.70. The number of carbonyl (C=O) groups is 1. The van der Waals surface area contributed by atoms with E-state index in [-0.39, 0.29) is 19.5 Å². The lowest BCUT2D eigenvalue weighted by Gasteiger charge is -2.18. The van der Waals surface area contributed by atoms with Crippen LogP contribution in [0.1, 0.15) is 12.0 Å². The summed E-state index contributed by atoms with van der Waals surface area (Å²) in [6, 6.07) is 7.74. The molecule has 1 unspecified atom stereocenters. The summed E-state index contributed by atoms with van der Waals surface area (Å²) >= 11 is 0. The van der Waals surface area contributed by atoms with E-state index >= 15 is 0 Å². The van der Waals surface area contributed by atoms with E-state index in [9.17, 15) is 30.8 Å². The molecule has 2 amide bonds. The Labute approximate surface area is 169 Å². The maximum absolute atomic E-state index is 12.9. The van der Waals surface area contributed by atoms with Crippen LogP contribution in [0.15, 0.2) is 53.4 Å². The molecule has 2 aromatic carbocycles. The molecule has 1 aliphatic heterocycles. The van der Waals surface area contributed by atoms with Crippen molar-refractivity contribution in [3.63, 3.8) is 0 Å². The molecule has 30 heavy (non-hydrogen) atoms. The smallest absolute Gasteiger partial charge is 0.306 e. The summed E-state index contributed by atoms with van der Waals surface area (Å²) in [5.74, 6) is -0.467. The Morgan fingerprint density at radius 1 is 1.13 bits per heavy atom. The first-order valence-electron chi connectivity index (χ1n) is 8.71. The highest BCUT2D eigenvalue weighted by molar-refractivity contribution is 7.89. The van der Waals surface area contributed by atoms with Crippen molar-refractivity contribution in [1.82, 2.24) is 9.79 Å². The van der Waals surface area contributed by atoms with Crippen LogP contribution in [0.4, 0.5) is 28.0 Å². The van der Waals surface area contributed by atoms with Gasteiger partial charge in [-0.25, -0.2) is 23.1 Å². The number of nitrogens with one attached hydrogen (secondary N) is 2. The van der Waals surface area contributed by atoms with Gasteiger partial charge >= 0.3 is 12.2 Å². The normalized spacial score (nSPS) is 17.7. The summed E-state index contributed by atoms with van der Waals surface area (Å²) in [4.78, 5) is 16.5. The van der Waals surface area contributed by atoms with Crippen LogP contribution < -0.4 is 10.8 Å². The molecule has 2 aromatic rings. The van der Waals surface area contributed by atoms with E-state index in [1.54, 1.807) is 0 Å². The quantitative estimate of drug-likeness (QED) is 0.544. The number of rotatable bonds is 5. The molecule has 0 saturated carbocycles. The molecule has 0 radical (unpaired) electrons. The van der Waals surface area contributed by atoms with Crippen molar-refractivity contribution in [2.75, 3.05) is 18.4 Å². The highest BCUT2D eigenvalue weighted by atomic mass is 32.2. The van der Waals surface area contributed by atoms with Gasteiger partial charge in [-0.2, -0.15) is 17.5 Å². The third-order valence-corrected chi connectivity index (χ3v) is 6.19. The molecule has 0 aromatic heterocycles. The number of alkyl halides is 3. The van der Waals surface area contributed by atoms with E-state index in [1.165, 1.54) is 12.1 Å². The number of benzene rings is 2. The minimum atomic E-state index is -4.66. The number of urea groups is 1. The Morgan fingerprint density at radius 3 is 2.50 bits per heavy atom. The number of amides is 2. The van der Waals surface area contributed by atoms with Crippen LogP contribution >= 0.6 is 0 Å². The van der Waals surface area contributed by atoms with Crippen LogP contribution in [-0.4, -0.2) is 37.9 Å². The van der Waals surface area contributed by atoms with Crippen molar-refractivity contribution in [2.45, 2.75) is 23.6 Å². The van der Waals surface area contributed by atoms with Gasteiger partial charge in [0, 0.05) is 18.8 Å². The average molecular weight is 447 g/mol. The molecule has 7 nitrogen and oxygen atoms in total. The number of anilines is 1. The molecule has 0 bridgehead atoms. The van der Waals surface area contributed by atoms with Gasteiger partial charge in [0.15, 0.2) is 0 Å². The van der Waals surface area contributed by atoms with Gasteiger partial charge in [-0.3, -0.25) is 4.84 Å². The third-order valence-electron chi connectivity index (χ3n) is 4.33. The Bertz CT molecular complexity index is 1010. The SMILES string of the molecule is O=C(NOC1CCN(S(=O)(=O)c2cccc(C(F)(F)F)c2)C1)Nc1ccc(F)cc1. The van der Waals surface area contributed by atoms with Gasteiger partial charge in [0.2, 0.25) is 10.0 Å². The summed E-state index contributed by atoms with van der Waals surface area (Å²) in [6.45, 7) is -0.125. The molecule has 0 spiro atoms. The van der Waals surface area contributed by atoms with Crippen molar-refractivity contribution in [3.8, 4) is 0 Å². The van der Waals surface area contributed by atoms with Crippen molar-refractivity contribution in [2.24, 2.45) is 0 Å². The zero-order valence-electron chi connectivity index (χ0n) is 15.3. The molecule has 1 fully saturated rings. The number of sulfonamides is 1.